The van der Waals surface area contributed by atoms with Crippen molar-refractivity contribution < 1.29 is 14.6 Å². The highest BCUT2D eigenvalue weighted by atomic mass is 35.5. The fraction of sp³-hybridized carbons (Fsp3) is 0.438. The SMILES string of the molecule is CCCCN(CC#Cc1cc(CN2CCOCC2)cc2c(=O)c(C(=O)NCc3ccc(Cl)cc3)cn(C)c12)CCO. The van der Waals surface area contributed by atoms with Crippen LogP contribution in [0, 0.1) is 11.8 Å². The molecule has 0 unspecified atom stereocenters. The molecule has 0 spiro atoms. The van der Waals surface area contributed by atoms with Crippen LogP contribution in [-0.4, -0.2) is 77.9 Å². The van der Waals surface area contributed by atoms with Crippen LogP contribution in [0.4, 0.5) is 0 Å². The molecular formula is C32H39ClN4O4. The summed E-state index contributed by atoms with van der Waals surface area (Å²) in [6.07, 6.45) is 3.70. The third-order valence-corrected chi connectivity index (χ3v) is 7.48. The number of carbonyl (C=O) groups excluding carboxylic acids is 1. The second-order valence-corrected chi connectivity index (χ2v) is 10.8. The molecule has 3 aromatic rings. The molecule has 2 aromatic carbocycles. The number of fused-ring (bicyclic) bond motifs is 1. The van der Waals surface area contributed by atoms with Gasteiger partial charge in [-0.1, -0.05) is 48.9 Å². The lowest BCUT2D eigenvalue weighted by atomic mass is 10.0. The van der Waals surface area contributed by atoms with E-state index in [-0.39, 0.29) is 24.1 Å². The predicted molar refractivity (Wildman–Crippen MR) is 163 cm³/mol. The number of aromatic nitrogens is 1. The Morgan fingerprint density at radius 3 is 2.61 bits per heavy atom. The van der Waals surface area contributed by atoms with Crippen LogP contribution in [0.25, 0.3) is 10.9 Å². The zero-order chi connectivity index (χ0) is 29.2. The first-order valence-electron chi connectivity index (χ1n) is 14.2. The van der Waals surface area contributed by atoms with Crippen molar-refractivity contribution in [3.63, 3.8) is 0 Å². The number of aryl methyl sites for hydroxylation is 1. The maximum absolute atomic E-state index is 13.8. The summed E-state index contributed by atoms with van der Waals surface area (Å²) in [5, 5.41) is 13.4. The number of nitrogens with one attached hydrogen (secondary N) is 1. The highest BCUT2D eigenvalue weighted by Gasteiger charge is 2.18. The van der Waals surface area contributed by atoms with Gasteiger partial charge < -0.3 is 19.7 Å². The van der Waals surface area contributed by atoms with Gasteiger partial charge in [-0.25, -0.2) is 0 Å². The number of ether oxygens (including phenoxy) is 1. The summed E-state index contributed by atoms with van der Waals surface area (Å²) in [6, 6.07) is 11.2. The summed E-state index contributed by atoms with van der Waals surface area (Å²) in [5.74, 6) is 6.16. The van der Waals surface area contributed by atoms with Gasteiger partial charge in [0.2, 0.25) is 5.43 Å². The van der Waals surface area contributed by atoms with Crippen LogP contribution in [0.5, 0.6) is 0 Å². The van der Waals surface area contributed by atoms with Crippen molar-refractivity contribution in [1.29, 1.82) is 0 Å². The Labute approximate surface area is 246 Å². The van der Waals surface area contributed by atoms with Crippen molar-refractivity contribution >= 4 is 28.4 Å². The molecule has 0 saturated carbocycles. The molecule has 2 N–H and O–H groups in total. The predicted octanol–water partition coefficient (Wildman–Crippen LogP) is 3.40. The standard InChI is InChI=1S/C32H39ClN4O4/c1-3-4-11-36(13-16-38)12-5-6-26-19-25(22-37-14-17-41-18-15-37)20-28-30(26)35(2)23-29(31(28)39)32(40)34-21-24-7-9-27(33)10-8-24/h7-10,19-20,23,38H,3-4,11-18,21-22H2,1-2H3,(H,34,40). The second kappa shape index (κ2) is 15.2. The van der Waals surface area contributed by atoms with Crippen LogP contribution < -0.4 is 10.7 Å². The summed E-state index contributed by atoms with van der Waals surface area (Å²) < 4.78 is 7.32. The van der Waals surface area contributed by atoms with Gasteiger partial charge in [0.25, 0.3) is 5.91 Å². The number of nitrogens with zero attached hydrogens (tertiary/aromatic N) is 3. The Balaban J connectivity index is 1.68. The number of benzene rings is 2. The Bertz CT molecular complexity index is 1450. The first-order valence-corrected chi connectivity index (χ1v) is 14.6. The van der Waals surface area contributed by atoms with Gasteiger partial charge in [-0.3, -0.25) is 19.4 Å². The number of rotatable bonds is 11. The minimum atomic E-state index is -0.427. The van der Waals surface area contributed by atoms with E-state index in [1.807, 2.05) is 35.9 Å². The molecule has 4 rings (SSSR count). The van der Waals surface area contributed by atoms with Gasteiger partial charge in [-0.15, -0.1) is 0 Å². The van der Waals surface area contributed by atoms with Crippen LogP contribution in [-0.2, 0) is 24.9 Å². The average Bonchev–Trinajstić information content (AvgIpc) is 2.97. The van der Waals surface area contributed by atoms with E-state index in [4.69, 9.17) is 16.3 Å². The molecule has 2 heterocycles. The number of carbonyl (C=O) groups is 1. The first-order chi connectivity index (χ1) is 19.9. The lowest BCUT2D eigenvalue weighted by Crippen LogP contribution is -2.35. The van der Waals surface area contributed by atoms with Crippen molar-refractivity contribution in [3.8, 4) is 11.8 Å². The lowest BCUT2D eigenvalue weighted by Gasteiger charge is -2.26. The quantitative estimate of drug-likeness (QED) is 0.339. The van der Waals surface area contributed by atoms with Gasteiger partial charge in [-0.05, 0) is 48.4 Å². The smallest absolute Gasteiger partial charge is 0.257 e. The van der Waals surface area contributed by atoms with Crippen molar-refractivity contribution in [2.24, 2.45) is 7.05 Å². The Morgan fingerprint density at radius 1 is 1.15 bits per heavy atom. The molecule has 9 heteroatoms. The lowest BCUT2D eigenvalue weighted by molar-refractivity contribution is 0.0342. The van der Waals surface area contributed by atoms with Gasteiger partial charge >= 0.3 is 0 Å². The fourth-order valence-corrected chi connectivity index (χ4v) is 5.12. The number of halogens is 1. The third-order valence-electron chi connectivity index (χ3n) is 7.23. The van der Waals surface area contributed by atoms with E-state index in [9.17, 15) is 14.7 Å². The topological polar surface area (TPSA) is 87.0 Å². The van der Waals surface area contributed by atoms with Crippen LogP contribution in [0.2, 0.25) is 5.02 Å². The van der Waals surface area contributed by atoms with E-state index in [0.29, 0.717) is 48.8 Å². The largest absolute Gasteiger partial charge is 0.395 e. The summed E-state index contributed by atoms with van der Waals surface area (Å²) in [7, 11) is 1.84. The Kier molecular flexibility index (Phi) is 11.4. The molecule has 1 aliphatic rings. The molecule has 1 aromatic heterocycles. The van der Waals surface area contributed by atoms with Crippen LogP contribution in [0.3, 0.4) is 0 Å². The molecule has 0 radical (unpaired) electrons. The van der Waals surface area contributed by atoms with E-state index in [0.717, 1.165) is 49.2 Å². The average molecular weight is 579 g/mol. The number of amides is 1. The van der Waals surface area contributed by atoms with E-state index >= 15 is 0 Å². The van der Waals surface area contributed by atoms with Gasteiger partial charge in [-0.2, -0.15) is 0 Å². The molecule has 1 fully saturated rings. The van der Waals surface area contributed by atoms with Gasteiger partial charge in [0.1, 0.15) is 5.56 Å². The second-order valence-electron chi connectivity index (χ2n) is 10.4. The van der Waals surface area contributed by atoms with Crippen molar-refractivity contribution in [2.45, 2.75) is 32.9 Å². The third kappa shape index (κ3) is 8.41. The monoisotopic (exact) mass is 578 g/mol. The van der Waals surface area contributed by atoms with Gasteiger partial charge in [0, 0.05) is 61.9 Å². The molecule has 0 bridgehead atoms. The minimum absolute atomic E-state index is 0.0840. The first kappa shape index (κ1) is 30.8. The zero-order valence-corrected chi connectivity index (χ0v) is 24.7. The summed E-state index contributed by atoms with van der Waals surface area (Å²) in [5.41, 5.74) is 3.08. The van der Waals surface area contributed by atoms with E-state index < -0.39 is 5.91 Å². The number of unbranched alkanes of at least 4 members (excludes halogenated alkanes) is 1. The van der Waals surface area contributed by atoms with E-state index in [1.54, 1.807) is 18.3 Å². The molecule has 218 valence electrons. The molecule has 8 nitrogen and oxygen atoms in total. The normalized spacial score (nSPS) is 13.8. The number of pyridine rings is 1. The fourth-order valence-electron chi connectivity index (χ4n) is 4.99. The maximum atomic E-state index is 13.8. The van der Waals surface area contributed by atoms with Gasteiger partial charge in [0.05, 0.1) is 31.9 Å². The molecule has 0 atom stereocenters. The molecular weight excluding hydrogens is 540 g/mol. The minimum Gasteiger partial charge on any atom is -0.395 e. The van der Waals surface area contributed by atoms with Crippen LogP contribution in [0.1, 0.15) is 46.8 Å². The molecule has 1 aliphatic heterocycles. The highest BCUT2D eigenvalue weighted by Crippen LogP contribution is 2.21. The van der Waals surface area contributed by atoms with Crippen molar-refractivity contribution in [3.05, 3.63) is 80.1 Å². The summed E-state index contributed by atoms with van der Waals surface area (Å²) in [4.78, 5) is 31.3. The Hall–Kier alpha value is -3.19. The number of aliphatic hydroxyl groups is 1. The Morgan fingerprint density at radius 2 is 1.90 bits per heavy atom. The number of aliphatic hydroxyl groups excluding tert-OH is 1. The van der Waals surface area contributed by atoms with E-state index in [2.05, 4.69) is 33.9 Å². The molecule has 0 aliphatic carbocycles. The molecule has 1 saturated heterocycles. The summed E-state index contributed by atoms with van der Waals surface area (Å²) >= 11 is 5.97. The molecule has 41 heavy (non-hydrogen) atoms. The van der Waals surface area contributed by atoms with Gasteiger partial charge in [0.15, 0.2) is 0 Å². The number of hydrogen-bond acceptors (Lipinski definition) is 6. The summed E-state index contributed by atoms with van der Waals surface area (Å²) in [6.45, 7) is 8.13. The number of hydrogen-bond donors (Lipinski definition) is 2. The van der Waals surface area contributed by atoms with E-state index in [1.165, 1.54) is 0 Å². The number of morpholine rings is 1. The van der Waals surface area contributed by atoms with Crippen LogP contribution >= 0.6 is 11.6 Å². The van der Waals surface area contributed by atoms with Crippen molar-refractivity contribution in [1.82, 2.24) is 19.7 Å². The van der Waals surface area contributed by atoms with Crippen LogP contribution in [0.15, 0.2) is 47.4 Å². The highest BCUT2D eigenvalue weighted by molar-refractivity contribution is 6.30. The van der Waals surface area contributed by atoms with Crippen molar-refractivity contribution in [2.75, 3.05) is 52.5 Å². The zero-order valence-electron chi connectivity index (χ0n) is 23.9. The maximum Gasteiger partial charge on any atom is 0.257 e. The molecule has 1 amide bonds.